The number of aliphatic carboxylic acids is 1. The Morgan fingerprint density at radius 3 is 1.50 bits per heavy atom. The second-order valence-corrected chi connectivity index (χ2v) is 5.65. The van der Waals surface area contributed by atoms with Crippen molar-refractivity contribution < 1.29 is 43.2 Å². The molecule has 1 atom stereocenters. The fourth-order valence-electron chi connectivity index (χ4n) is 1.90. The maximum absolute atomic E-state index is 10.5. The van der Waals surface area contributed by atoms with Crippen LogP contribution in [0.1, 0.15) is 59.8 Å². The van der Waals surface area contributed by atoms with E-state index in [0.717, 1.165) is 25.7 Å². The molecule has 0 saturated carbocycles. The Kier molecular flexibility index (Phi) is 30.7. The third-order valence-corrected chi connectivity index (χ3v) is 3.52. The van der Waals surface area contributed by atoms with Crippen molar-refractivity contribution in [2.45, 2.75) is 72.4 Å². The van der Waals surface area contributed by atoms with E-state index in [9.17, 15) is 9.59 Å². The van der Waals surface area contributed by atoms with Crippen molar-refractivity contribution in [3.63, 3.8) is 0 Å². The number of carboxylic acid groups (broad SMARTS) is 1. The molecule has 0 aromatic rings. The minimum Gasteiger partial charge on any atom is -0.481 e. The Hall–Kier alpha value is -1.64. The monoisotopic (exact) mass is 410 g/mol. The van der Waals surface area contributed by atoms with E-state index in [2.05, 4.69) is 0 Å². The van der Waals surface area contributed by atoms with Crippen LogP contribution in [0.2, 0.25) is 0 Å². The van der Waals surface area contributed by atoms with E-state index < -0.39 is 5.97 Å². The Bertz CT molecular complexity index is 385. The number of ketones is 1. The zero-order chi connectivity index (χ0) is 21.7. The van der Waals surface area contributed by atoms with Gasteiger partial charge < -0.3 is 28.8 Å². The van der Waals surface area contributed by atoms with Crippen LogP contribution >= 0.6 is 0 Å². The molecule has 0 unspecified atom stereocenters. The average Bonchev–Trinajstić information content (AvgIpc) is 2.63. The first-order valence-electron chi connectivity index (χ1n) is 8.56. The minimum absolute atomic E-state index is 0. The van der Waals surface area contributed by atoms with E-state index in [0.29, 0.717) is 12.8 Å². The molecule has 1 N–H and O–H groups in total. The average molecular weight is 411 g/mol. The molecule has 9 heteroatoms. The van der Waals surface area contributed by atoms with E-state index in [1.165, 1.54) is 0 Å². The number of hydrogen-bond acceptors (Lipinski definition) is 8. The first-order valence-corrected chi connectivity index (χ1v) is 8.56. The van der Waals surface area contributed by atoms with Crippen LogP contribution in [0.15, 0.2) is 0 Å². The summed E-state index contributed by atoms with van der Waals surface area (Å²) in [5.41, 5.74) is 0. The van der Waals surface area contributed by atoms with Crippen molar-refractivity contribution in [3.8, 4) is 0 Å². The van der Waals surface area contributed by atoms with Gasteiger partial charge in [0.05, 0.1) is 5.92 Å². The van der Waals surface area contributed by atoms with Crippen LogP contribution in [-0.2, 0) is 38.1 Å². The van der Waals surface area contributed by atoms with E-state index in [4.69, 9.17) is 33.6 Å². The van der Waals surface area contributed by atoms with Gasteiger partial charge in [0.2, 0.25) is 0 Å². The van der Waals surface area contributed by atoms with E-state index in [-0.39, 0.29) is 37.9 Å². The quantitative estimate of drug-likeness (QED) is 0.456. The van der Waals surface area contributed by atoms with Crippen molar-refractivity contribution >= 4 is 17.9 Å². The summed E-state index contributed by atoms with van der Waals surface area (Å²) in [6, 6.07) is 0. The molecule has 0 fully saturated rings. The van der Waals surface area contributed by atoms with Gasteiger partial charge in [-0.1, -0.05) is 14.4 Å². The molecule has 0 amide bonds. The van der Waals surface area contributed by atoms with E-state index in [1.807, 2.05) is 0 Å². The Balaban J connectivity index is -0.000000176. The summed E-state index contributed by atoms with van der Waals surface area (Å²) in [5.74, 6) is -0.809. The number of ether oxygens (including phenoxy) is 4. The molecule has 0 spiro atoms. The number of carboxylic acids is 1. The maximum Gasteiger partial charge on any atom is 0.373 e. The lowest BCUT2D eigenvalue weighted by Crippen LogP contribution is -2.14. The van der Waals surface area contributed by atoms with Gasteiger partial charge in [-0.25, -0.2) is 0 Å². The summed E-state index contributed by atoms with van der Waals surface area (Å²) in [6.07, 6.45) is 4.33. The zero-order valence-electron chi connectivity index (χ0n) is 17.2. The summed E-state index contributed by atoms with van der Waals surface area (Å²) in [6.45, 7) is 3.30. The summed E-state index contributed by atoms with van der Waals surface area (Å²) in [7, 11) is 6.35. The molecule has 0 rings (SSSR count). The number of carbonyl (C=O) groups is 2. The third-order valence-electron chi connectivity index (χ3n) is 3.52. The normalized spacial score (nSPS) is 10.6. The van der Waals surface area contributed by atoms with Gasteiger partial charge >= 0.3 is 12.1 Å². The highest BCUT2D eigenvalue weighted by Gasteiger charge is 2.12. The van der Waals surface area contributed by atoms with Crippen LogP contribution in [0.4, 0.5) is 0 Å². The fraction of sp³-hybridized carbons (Fsp3) is 0.842. The van der Waals surface area contributed by atoms with Crippen LogP contribution in [-0.4, -0.2) is 64.0 Å². The molecule has 0 saturated heterocycles. The molecule has 0 heterocycles. The van der Waals surface area contributed by atoms with Crippen LogP contribution in [0.3, 0.4) is 0 Å². The van der Waals surface area contributed by atoms with Gasteiger partial charge in [0.1, 0.15) is 5.78 Å². The lowest BCUT2D eigenvalue weighted by molar-refractivity contribution is -0.191. The molecule has 0 bridgehead atoms. The number of Topliss-reactive ketones (excluding diaryl/α,β-unsaturated/α-hetero) is 1. The number of carbonyl (C=O) groups excluding carboxylic acids is 3. The van der Waals surface area contributed by atoms with Crippen molar-refractivity contribution in [2.75, 3.05) is 28.4 Å². The number of methoxy groups -OCH3 is 4. The highest BCUT2D eigenvalue weighted by Crippen LogP contribution is 2.11. The topological polar surface area (TPSA) is 125 Å². The van der Waals surface area contributed by atoms with Gasteiger partial charge in [0.25, 0.3) is 0 Å². The van der Waals surface area contributed by atoms with Gasteiger partial charge in [0, 0.05) is 34.9 Å². The van der Waals surface area contributed by atoms with Crippen LogP contribution in [0.25, 0.3) is 0 Å². The first-order chi connectivity index (χ1) is 12.7. The van der Waals surface area contributed by atoms with Crippen molar-refractivity contribution in [1.82, 2.24) is 0 Å². The minimum atomic E-state index is -0.744. The second kappa shape index (κ2) is 25.4. The SMILES string of the molecule is C.COC(CCCC(C)=O)OC.COC(CCC[C@H](C)C(=O)O)OC.O=C=O. The molecule has 0 aromatic heterocycles. The Labute approximate surface area is 168 Å². The molecule has 0 aliphatic heterocycles. The smallest absolute Gasteiger partial charge is 0.373 e. The highest BCUT2D eigenvalue weighted by molar-refractivity contribution is 5.75. The van der Waals surface area contributed by atoms with E-state index in [1.54, 1.807) is 42.3 Å². The van der Waals surface area contributed by atoms with Crippen molar-refractivity contribution in [3.05, 3.63) is 0 Å². The van der Waals surface area contributed by atoms with Gasteiger partial charge in [-0.05, 0) is 39.0 Å². The predicted molar refractivity (Wildman–Crippen MR) is 103 cm³/mol. The van der Waals surface area contributed by atoms with Gasteiger partial charge in [0.15, 0.2) is 12.6 Å². The molecule has 0 aromatic carbocycles. The Morgan fingerprint density at radius 1 is 0.857 bits per heavy atom. The molecular formula is C19H38O9. The molecule has 28 heavy (non-hydrogen) atoms. The number of hydrogen-bond donors (Lipinski definition) is 1. The van der Waals surface area contributed by atoms with Crippen molar-refractivity contribution in [2.24, 2.45) is 5.92 Å². The van der Waals surface area contributed by atoms with Crippen LogP contribution in [0.5, 0.6) is 0 Å². The van der Waals surface area contributed by atoms with Crippen LogP contribution < -0.4 is 0 Å². The van der Waals surface area contributed by atoms with Gasteiger partial charge in [-0.15, -0.1) is 0 Å². The molecule has 9 nitrogen and oxygen atoms in total. The van der Waals surface area contributed by atoms with Crippen molar-refractivity contribution in [1.29, 1.82) is 0 Å². The fourth-order valence-corrected chi connectivity index (χ4v) is 1.90. The largest absolute Gasteiger partial charge is 0.481 e. The second-order valence-electron chi connectivity index (χ2n) is 5.65. The number of rotatable bonds is 13. The van der Waals surface area contributed by atoms with Gasteiger partial charge in [-0.2, -0.15) is 9.59 Å². The molecular weight excluding hydrogens is 372 g/mol. The molecule has 168 valence electrons. The summed E-state index contributed by atoms with van der Waals surface area (Å²) < 4.78 is 19.8. The lowest BCUT2D eigenvalue weighted by Gasteiger charge is -2.13. The van der Waals surface area contributed by atoms with Gasteiger partial charge in [-0.3, -0.25) is 4.79 Å². The lowest BCUT2D eigenvalue weighted by atomic mass is 10.0. The summed E-state index contributed by atoms with van der Waals surface area (Å²) >= 11 is 0. The first kappa shape index (κ1) is 33.9. The predicted octanol–water partition coefficient (Wildman–Crippen LogP) is 2.91. The summed E-state index contributed by atoms with van der Waals surface area (Å²) in [4.78, 5) is 37.2. The maximum atomic E-state index is 10.5. The highest BCUT2D eigenvalue weighted by atomic mass is 16.7. The summed E-state index contributed by atoms with van der Waals surface area (Å²) in [5, 5.41) is 8.60. The molecule has 0 aliphatic rings. The molecule has 0 aliphatic carbocycles. The Morgan fingerprint density at radius 2 is 1.21 bits per heavy atom. The van der Waals surface area contributed by atoms with E-state index >= 15 is 0 Å². The standard InChI is InChI=1S/C9H18O4.C8H16O3.CO2.CH4/c1-7(9(10)11)5-4-6-8(12-2)13-3;1-7(9)5-4-6-8(10-2)11-3;2-1-3;/h7-8H,4-6H2,1-3H3,(H,10,11);8H,4-6H2,1-3H3;;1H4/t7-;;;/m0.../s1. The van der Waals surface area contributed by atoms with Crippen LogP contribution in [0, 0.1) is 5.92 Å². The zero-order valence-corrected chi connectivity index (χ0v) is 17.2. The molecule has 0 radical (unpaired) electrons. The third kappa shape index (κ3) is 26.6.